The Kier molecular flexibility index (Phi) is 4.18. The first kappa shape index (κ1) is 16.0. The van der Waals surface area contributed by atoms with Crippen molar-refractivity contribution in [3.8, 4) is 5.75 Å². The first-order chi connectivity index (χ1) is 12.7. The van der Waals surface area contributed by atoms with E-state index in [0.717, 1.165) is 22.3 Å². The highest BCUT2D eigenvalue weighted by molar-refractivity contribution is 5.74. The molecule has 4 rings (SSSR count). The van der Waals surface area contributed by atoms with Gasteiger partial charge in [-0.05, 0) is 29.8 Å². The van der Waals surface area contributed by atoms with Crippen molar-refractivity contribution in [2.24, 2.45) is 0 Å². The second-order valence-corrected chi connectivity index (χ2v) is 5.80. The van der Waals surface area contributed by atoms with Crippen molar-refractivity contribution in [2.45, 2.75) is 13.0 Å². The normalized spacial score (nSPS) is 11.0. The highest BCUT2D eigenvalue weighted by Crippen LogP contribution is 2.14. The molecule has 7 nitrogen and oxygen atoms in total. The van der Waals surface area contributed by atoms with Gasteiger partial charge in [0.15, 0.2) is 5.82 Å². The Bertz CT molecular complexity index is 1100. The summed E-state index contributed by atoms with van der Waals surface area (Å²) < 4.78 is 12.0. The van der Waals surface area contributed by atoms with Crippen LogP contribution >= 0.6 is 0 Å². The van der Waals surface area contributed by atoms with E-state index in [4.69, 9.17) is 9.26 Å². The minimum atomic E-state index is -0.210. The molecule has 2 aromatic heterocycles. The quantitative estimate of drug-likeness (QED) is 0.551. The molecule has 0 saturated heterocycles. The molecule has 2 aromatic carbocycles. The number of rotatable bonds is 5. The van der Waals surface area contributed by atoms with E-state index < -0.39 is 0 Å². The molecule has 0 aliphatic rings. The minimum Gasteiger partial charge on any atom is -0.497 e. The van der Waals surface area contributed by atoms with Crippen LogP contribution in [0.15, 0.2) is 64.0 Å². The van der Waals surface area contributed by atoms with Crippen molar-refractivity contribution in [1.82, 2.24) is 19.7 Å². The molecule has 0 amide bonds. The summed E-state index contributed by atoms with van der Waals surface area (Å²) >= 11 is 0. The first-order valence-corrected chi connectivity index (χ1v) is 8.12. The lowest BCUT2D eigenvalue weighted by molar-refractivity contribution is 0.367. The molecule has 0 radical (unpaired) electrons. The maximum Gasteiger partial charge on any atom is 0.269 e. The molecule has 130 valence electrons. The first-order valence-electron chi connectivity index (χ1n) is 8.12. The number of ether oxygens (including phenoxy) is 1. The van der Waals surface area contributed by atoms with Crippen LogP contribution in [-0.4, -0.2) is 26.8 Å². The lowest BCUT2D eigenvalue weighted by Gasteiger charge is -2.06. The lowest BCUT2D eigenvalue weighted by atomic mass is 10.1. The molecule has 0 aliphatic carbocycles. The third kappa shape index (κ3) is 3.19. The molecule has 4 aromatic rings. The SMILES string of the molecule is COc1ccc(Cc2noc(Cn3c(=O)cnc4ccccc43)n2)cc1. The average Bonchev–Trinajstić information content (AvgIpc) is 3.12. The highest BCUT2D eigenvalue weighted by Gasteiger charge is 2.11. The molecular formula is C19H16N4O3. The fourth-order valence-corrected chi connectivity index (χ4v) is 2.77. The molecule has 0 bridgehead atoms. The summed E-state index contributed by atoms with van der Waals surface area (Å²) in [4.78, 5) is 20.7. The van der Waals surface area contributed by atoms with E-state index in [0.29, 0.717) is 18.1 Å². The monoisotopic (exact) mass is 348 g/mol. The molecule has 0 aliphatic heterocycles. The Morgan fingerprint density at radius 1 is 1.12 bits per heavy atom. The average molecular weight is 348 g/mol. The molecular weight excluding hydrogens is 332 g/mol. The van der Waals surface area contributed by atoms with Gasteiger partial charge in [-0.15, -0.1) is 0 Å². The van der Waals surface area contributed by atoms with Gasteiger partial charge in [0, 0.05) is 6.42 Å². The van der Waals surface area contributed by atoms with Crippen molar-refractivity contribution < 1.29 is 9.26 Å². The van der Waals surface area contributed by atoms with Crippen LogP contribution in [0.5, 0.6) is 5.75 Å². The van der Waals surface area contributed by atoms with E-state index in [9.17, 15) is 4.79 Å². The van der Waals surface area contributed by atoms with Crippen LogP contribution in [0.1, 0.15) is 17.3 Å². The summed E-state index contributed by atoms with van der Waals surface area (Å²) in [6.45, 7) is 0.206. The molecule has 0 atom stereocenters. The van der Waals surface area contributed by atoms with E-state index in [1.165, 1.54) is 6.20 Å². The summed E-state index contributed by atoms with van der Waals surface area (Å²) in [7, 11) is 1.63. The zero-order valence-corrected chi connectivity index (χ0v) is 14.1. The van der Waals surface area contributed by atoms with E-state index in [2.05, 4.69) is 15.1 Å². The Balaban J connectivity index is 1.57. The number of methoxy groups -OCH3 is 1. The number of aromatic nitrogens is 4. The van der Waals surface area contributed by atoms with Crippen LogP contribution in [0.2, 0.25) is 0 Å². The Morgan fingerprint density at radius 2 is 1.92 bits per heavy atom. The molecule has 7 heteroatoms. The standard InChI is InChI=1S/C19H16N4O3/c1-25-14-8-6-13(7-9-14)10-17-21-18(26-22-17)12-23-16-5-3-2-4-15(16)20-11-19(23)24/h2-9,11H,10,12H2,1H3. The maximum absolute atomic E-state index is 12.2. The van der Waals surface area contributed by atoms with Gasteiger partial charge in [-0.1, -0.05) is 29.4 Å². The van der Waals surface area contributed by atoms with E-state index in [1.807, 2.05) is 48.5 Å². The summed E-state index contributed by atoms with van der Waals surface area (Å²) in [6, 6.07) is 15.1. The van der Waals surface area contributed by atoms with Crippen molar-refractivity contribution in [1.29, 1.82) is 0 Å². The lowest BCUT2D eigenvalue weighted by Crippen LogP contribution is -2.21. The van der Waals surface area contributed by atoms with Gasteiger partial charge in [0.05, 0.1) is 24.3 Å². The van der Waals surface area contributed by atoms with Crippen LogP contribution in [0.25, 0.3) is 11.0 Å². The van der Waals surface area contributed by atoms with Crippen LogP contribution in [-0.2, 0) is 13.0 Å². The number of hydrogen-bond donors (Lipinski definition) is 0. The second kappa shape index (κ2) is 6.79. The molecule has 26 heavy (non-hydrogen) atoms. The van der Waals surface area contributed by atoms with E-state index >= 15 is 0 Å². The highest BCUT2D eigenvalue weighted by atomic mass is 16.5. The fraction of sp³-hybridized carbons (Fsp3) is 0.158. The van der Waals surface area contributed by atoms with Gasteiger partial charge in [0.2, 0.25) is 5.89 Å². The predicted octanol–water partition coefficient (Wildman–Crippen LogP) is 2.43. The Morgan fingerprint density at radius 3 is 2.73 bits per heavy atom. The van der Waals surface area contributed by atoms with Crippen LogP contribution < -0.4 is 10.3 Å². The number of fused-ring (bicyclic) bond motifs is 1. The van der Waals surface area contributed by atoms with Gasteiger partial charge < -0.3 is 9.26 Å². The van der Waals surface area contributed by atoms with Crippen LogP contribution in [0, 0.1) is 0 Å². The molecule has 2 heterocycles. The summed E-state index contributed by atoms with van der Waals surface area (Å²) in [5, 5.41) is 4.01. The van der Waals surface area contributed by atoms with E-state index in [-0.39, 0.29) is 12.1 Å². The van der Waals surface area contributed by atoms with Gasteiger partial charge in [0.25, 0.3) is 5.56 Å². The fourth-order valence-electron chi connectivity index (χ4n) is 2.77. The smallest absolute Gasteiger partial charge is 0.269 e. The number of nitrogens with zero attached hydrogens (tertiary/aromatic N) is 4. The largest absolute Gasteiger partial charge is 0.497 e. The Labute approximate surface area is 148 Å². The molecule has 0 spiro atoms. The van der Waals surface area contributed by atoms with Gasteiger partial charge in [0.1, 0.15) is 12.3 Å². The summed E-state index contributed by atoms with van der Waals surface area (Å²) in [5.74, 6) is 1.75. The molecule has 0 unspecified atom stereocenters. The Hall–Kier alpha value is -3.48. The predicted molar refractivity (Wildman–Crippen MR) is 95.2 cm³/mol. The number of benzene rings is 2. The maximum atomic E-state index is 12.2. The van der Waals surface area contributed by atoms with Crippen molar-refractivity contribution >= 4 is 11.0 Å². The van der Waals surface area contributed by atoms with Crippen LogP contribution in [0.3, 0.4) is 0 Å². The van der Waals surface area contributed by atoms with E-state index in [1.54, 1.807) is 11.7 Å². The number of hydrogen-bond acceptors (Lipinski definition) is 6. The number of para-hydroxylation sites is 2. The minimum absolute atomic E-state index is 0.206. The molecule has 0 saturated carbocycles. The van der Waals surface area contributed by atoms with Gasteiger partial charge >= 0.3 is 0 Å². The van der Waals surface area contributed by atoms with Crippen molar-refractivity contribution in [3.05, 3.63) is 82.4 Å². The van der Waals surface area contributed by atoms with Crippen molar-refractivity contribution in [3.63, 3.8) is 0 Å². The zero-order valence-electron chi connectivity index (χ0n) is 14.1. The third-order valence-corrected chi connectivity index (χ3v) is 4.08. The summed E-state index contributed by atoms with van der Waals surface area (Å²) in [5.41, 5.74) is 2.31. The summed E-state index contributed by atoms with van der Waals surface area (Å²) in [6.07, 6.45) is 1.84. The zero-order chi connectivity index (χ0) is 17.9. The topological polar surface area (TPSA) is 83.0 Å². The molecule has 0 N–H and O–H groups in total. The van der Waals surface area contributed by atoms with Crippen LogP contribution in [0.4, 0.5) is 0 Å². The second-order valence-electron chi connectivity index (χ2n) is 5.80. The molecule has 0 fully saturated rings. The van der Waals surface area contributed by atoms with Gasteiger partial charge in [-0.2, -0.15) is 4.98 Å². The third-order valence-electron chi connectivity index (χ3n) is 4.08. The van der Waals surface area contributed by atoms with Crippen molar-refractivity contribution in [2.75, 3.05) is 7.11 Å². The van der Waals surface area contributed by atoms with Gasteiger partial charge in [-0.25, -0.2) is 4.98 Å². The van der Waals surface area contributed by atoms with Gasteiger partial charge in [-0.3, -0.25) is 9.36 Å².